The molecule has 1 aliphatic rings. The number of anilines is 2. The van der Waals surface area contributed by atoms with Gasteiger partial charge in [0.1, 0.15) is 23.9 Å². The van der Waals surface area contributed by atoms with Gasteiger partial charge in [0.2, 0.25) is 0 Å². The maximum Gasteiger partial charge on any atom is 0.274 e. The summed E-state index contributed by atoms with van der Waals surface area (Å²) in [5.74, 6) is 1.37. The van der Waals surface area contributed by atoms with Crippen molar-refractivity contribution in [2.75, 3.05) is 56.7 Å². The van der Waals surface area contributed by atoms with Crippen molar-refractivity contribution >= 4 is 28.2 Å². The van der Waals surface area contributed by atoms with E-state index in [-0.39, 0.29) is 5.91 Å². The molecule has 1 unspecified atom stereocenters. The van der Waals surface area contributed by atoms with Gasteiger partial charge in [0.25, 0.3) is 5.91 Å². The molecule has 180 valence electrons. The van der Waals surface area contributed by atoms with Gasteiger partial charge in [-0.25, -0.2) is 4.98 Å². The molecule has 1 N–H and O–H groups in total. The third-order valence-electron chi connectivity index (χ3n) is 6.48. The number of rotatable bonds is 9. The number of pyridine rings is 1. The predicted molar refractivity (Wildman–Crippen MR) is 137 cm³/mol. The standard InChI is InChI=1S/C27H34N4O3/c1-4-20(2)30(3)26-11-7-10-24(28-26)27(32)29-23-12-13-25(22-9-6-5-8-21(22)23)34-19-16-31-14-17-33-18-15-31/h5-13,20H,4,14-19H2,1-3H3,(H,29,32). The van der Waals surface area contributed by atoms with Crippen LogP contribution in [0.4, 0.5) is 11.5 Å². The van der Waals surface area contributed by atoms with E-state index >= 15 is 0 Å². The van der Waals surface area contributed by atoms with Crippen LogP contribution in [0.3, 0.4) is 0 Å². The summed E-state index contributed by atoms with van der Waals surface area (Å²) in [7, 11) is 2.00. The minimum Gasteiger partial charge on any atom is -0.492 e. The molecule has 1 amide bonds. The zero-order valence-corrected chi connectivity index (χ0v) is 20.3. The molecule has 2 heterocycles. The Balaban J connectivity index is 1.48. The Hall–Kier alpha value is -3.16. The van der Waals surface area contributed by atoms with Crippen LogP contribution in [0.2, 0.25) is 0 Å². The summed E-state index contributed by atoms with van der Waals surface area (Å²) < 4.78 is 11.5. The second-order valence-corrected chi connectivity index (χ2v) is 8.66. The largest absolute Gasteiger partial charge is 0.492 e. The molecule has 1 atom stereocenters. The molecule has 0 saturated carbocycles. The van der Waals surface area contributed by atoms with Crippen LogP contribution in [0, 0.1) is 0 Å². The van der Waals surface area contributed by atoms with Gasteiger partial charge >= 0.3 is 0 Å². The number of carbonyl (C=O) groups is 1. The number of nitrogens with one attached hydrogen (secondary N) is 1. The normalized spacial score (nSPS) is 15.1. The quantitative estimate of drug-likeness (QED) is 0.507. The monoisotopic (exact) mass is 462 g/mol. The number of morpholine rings is 1. The molecule has 1 aromatic heterocycles. The summed E-state index contributed by atoms with van der Waals surface area (Å²) in [5, 5.41) is 4.96. The molecule has 0 radical (unpaired) electrons. The molecule has 7 nitrogen and oxygen atoms in total. The lowest BCUT2D eigenvalue weighted by Gasteiger charge is -2.26. The number of fused-ring (bicyclic) bond motifs is 1. The van der Waals surface area contributed by atoms with Crippen LogP contribution in [0.1, 0.15) is 30.8 Å². The summed E-state index contributed by atoms with van der Waals surface area (Å²) in [6.45, 7) is 9.20. The molecule has 0 bridgehead atoms. The Bertz CT molecular complexity index is 1110. The van der Waals surface area contributed by atoms with Crippen LogP contribution in [0.15, 0.2) is 54.6 Å². The van der Waals surface area contributed by atoms with Crippen LogP contribution in [0.25, 0.3) is 10.8 Å². The first-order valence-corrected chi connectivity index (χ1v) is 12.0. The van der Waals surface area contributed by atoms with Crippen LogP contribution >= 0.6 is 0 Å². The molecular formula is C27H34N4O3. The molecule has 34 heavy (non-hydrogen) atoms. The molecular weight excluding hydrogens is 428 g/mol. The van der Waals surface area contributed by atoms with Crippen molar-refractivity contribution in [3.8, 4) is 5.75 Å². The zero-order valence-electron chi connectivity index (χ0n) is 20.3. The SMILES string of the molecule is CCC(C)N(C)c1cccc(C(=O)Nc2ccc(OCCN3CCOCC3)c3ccccc23)n1. The first-order chi connectivity index (χ1) is 16.6. The zero-order chi connectivity index (χ0) is 23.9. The maximum atomic E-state index is 13.1. The highest BCUT2D eigenvalue weighted by Gasteiger charge is 2.16. The summed E-state index contributed by atoms with van der Waals surface area (Å²) >= 11 is 0. The molecule has 7 heteroatoms. The molecule has 3 aromatic rings. The Kier molecular flexibility index (Phi) is 7.98. The van der Waals surface area contributed by atoms with Gasteiger partial charge in [-0.15, -0.1) is 0 Å². The fourth-order valence-electron chi connectivity index (χ4n) is 4.05. The van der Waals surface area contributed by atoms with E-state index < -0.39 is 0 Å². The van der Waals surface area contributed by atoms with E-state index in [1.807, 2.05) is 55.6 Å². The van der Waals surface area contributed by atoms with E-state index in [4.69, 9.17) is 9.47 Å². The first kappa shape index (κ1) is 24.0. The third kappa shape index (κ3) is 5.66. The fraction of sp³-hybridized carbons (Fsp3) is 0.407. The summed E-state index contributed by atoms with van der Waals surface area (Å²) in [6, 6.07) is 17.7. The van der Waals surface area contributed by atoms with E-state index in [2.05, 4.69) is 33.9 Å². The van der Waals surface area contributed by atoms with Crippen molar-refractivity contribution in [1.29, 1.82) is 0 Å². The fourth-order valence-corrected chi connectivity index (χ4v) is 4.05. The van der Waals surface area contributed by atoms with Crippen LogP contribution < -0.4 is 15.0 Å². The van der Waals surface area contributed by atoms with Crippen molar-refractivity contribution < 1.29 is 14.3 Å². The molecule has 1 saturated heterocycles. The topological polar surface area (TPSA) is 66.9 Å². The van der Waals surface area contributed by atoms with Gasteiger partial charge in [-0.1, -0.05) is 37.3 Å². The van der Waals surface area contributed by atoms with Gasteiger partial charge in [0.15, 0.2) is 0 Å². The molecule has 2 aromatic carbocycles. The Morgan fingerprint density at radius 2 is 1.88 bits per heavy atom. The smallest absolute Gasteiger partial charge is 0.274 e. The minimum absolute atomic E-state index is 0.231. The first-order valence-electron chi connectivity index (χ1n) is 12.0. The average Bonchev–Trinajstić information content (AvgIpc) is 2.89. The van der Waals surface area contributed by atoms with Crippen LogP contribution in [-0.4, -0.2) is 68.3 Å². The van der Waals surface area contributed by atoms with E-state index in [0.717, 1.165) is 67.3 Å². The highest BCUT2D eigenvalue weighted by atomic mass is 16.5. The Morgan fingerprint density at radius 3 is 2.65 bits per heavy atom. The van der Waals surface area contributed by atoms with E-state index in [1.165, 1.54) is 0 Å². The van der Waals surface area contributed by atoms with Gasteiger partial charge in [-0.3, -0.25) is 9.69 Å². The summed E-state index contributed by atoms with van der Waals surface area (Å²) in [6.07, 6.45) is 1.00. The number of amides is 1. The number of nitrogens with zero attached hydrogens (tertiary/aromatic N) is 3. The maximum absolute atomic E-state index is 13.1. The van der Waals surface area contributed by atoms with Crippen molar-refractivity contribution in [3.05, 3.63) is 60.3 Å². The van der Waals surface area contributed by atoms with Gasteiger partial charge in [-0.2, -0.15) is 0 Å². The number of carbonyl (C=O) groups excluding carboxylic acids is 1. The van der Waals surface area contributed by atoms with Gasteiger partial charge in [0, 0.05) is 49.2 Å². The van der Waals surface area contributed by atoms with Crippen molar-refractivity contribution in [2.45, 2.75) is 26.3 Å². The molecule has 4 rings (SSSR count). The van der Waals surface area contributed by atoms with Crippen molar-refractivity contribution in [3.63, 3.8) is 0 Å². The molecule has 1 aliphatic heterocycles. The Morgan fingerprint density at radius 1 is 1.12 bits per heavy atom. The number of hydrogen-bond acceptors (Lipinski definition) is 6. The van der Waals surface area contributed by atoms with Crippen LogP contribution in [-0.2, 0) is 4.74 Å². The Labute approximate surface area is 201 Å². The number of benzene rings is 2. The molecule has 0 aliphatic carbocycles. The second-order valence-electron chi connectivity index (χ2n) is 8.66. The van der Waals surface area contributed by atoms with E-state index in [9.17, 15) is 4.79 Å². The summed E-state index contributed by atoms with van der Waals surface area (Å²) in [4.78, 5) is 22.1. The van der Waals surface area contributed by atoms with E-state index in [0.29, 0.717) is 18.3 Å². The van der Waals surface area contributed by atoms with Crippen molar-refractivity contribution in [1.82, 2.24) is 9.88 Å². The number of hydrogen-bond donors (Lipinski definition) is 1. The highest BCUT2D eigenvalue weighted by Crippen LogP contribution is 2.32. The van der Waals surface area contributed by atoms with Crippen molar-refractivity contribution in [2.24, 2.45) is 0 Å². The number of aromatic nitrogens is 1. The second kappa shape index (κ2) is 11.3. The van der Waals surface area contributed by atoms with Gasteiger partial charge in [-0.05, 0) is 37.6 Å². The molecule has 0 spiro atoms. The molecule has 1 fully saturated rings. The summed E-state index contributed by atoms with van der Waals surface area (Å²) in [5.41, 5.74) is 1.13. The van der Waals surface area contributed by atoms with Crippen LogP contribution in [0.5, 0.6) is 5.75 Å². The van der Waals surface area contributed by atoms with E-state index in [1.54, 1.807) is 6.07 Å². The van der Waals surface area contributed by atoms with Gasteiger partial charge in [0.05, 0.1) is 13.2 Å². The third-order valence-corrected chi connectivity index (χ3v) is 6.48. The average molecular weight is 463 g/mol. The lowest BCUT2D eigenvalue weighted by Crippen LogP contribution is -2.38. The predicted octanol–water partition coefficient (Wildman–Crippen LogP) is 4.43. The lowest BCUT2D eigenvalue weighted by atomic mass is 10.1. The number of ether oxygens (including phenoxy) is 2. The minimum atomic E-state index is -0.231. The van der Waals surface area contributed by atoms with Gasteiger partial charge < -0.3 is 19.7 Å². The lowest BCUT2D eigenvalue weighted by molar-refractivity contribution is 0.0323. The highest BCUT2D eigenvalue weighted by molar-refractivity contribution is 6.09.